The number of nitrogens with one attached hydrogen (secondary N) is 1. The first-order chi connectivity index (χ1) is 15.1. The third kappa shape index (κ3) is 7.70. The molecule has 7 heteroatoms. The molecular weight excluding hydrogens is 394 g/mol. The molecule has 2 amide bonds. The average Bonchev–Trinajstić information content (AvgIpc) is 2.81. The van der Waals surface area contributed by atoms with Crippen LogP contribution in [0, 0.1) is 0 Å². The fraction of sp³-hybridized carbons (Fsp3) is 0.417. The van der Waals surface area contributed by atoms with Gasteiger partial charge >= 0.3 is 6.09 Å². The Morgan fingerprint density at radius 3 is 2.29 bits per heavy atom. The van der Waals surface area contributed by atoms with E-state index in [4.69, 9.17) is 9.47 Å². The minimum atomic E-state index is -0.599. The van der Waals surface area contributed by atoms with Crippen LogP contribution in [-0.4, -0.2) is 67.2 Å². The fourth-order valence-electron chi connectivity index (χ4n) is 3.55. The molecule has 1 heterocycles. The van der Waals surface area contributed by atoms with Gasteiger partial charge in [0.05, 0.1) is 13.2 Å². The van der Waals surface area contributed by atoms with E-state index < -0.39 is 6.09 Å². The zero-order chi connectivity index (χ0) is 21.9. The van der Waals surface area contributed by atoms with Crippen molar-refractivity contribution < 1.29 is 19.1 Å². The van der Waals surface area contributed by atoms with E-state index in [0.717, 1.165) is 30.8 Å². The molecule has 0 aliphatic carbocycles. The molecule has 0 saturated carbocycles. The molecule has 3 rings (SSSR count). The van der Waals surface area contributed by atoms with Crippen molar-refractivity contribution in [2.75, 3.05) is 39.4 Å². The molecule has 1 saturated heterocycles. The van der Waals surface area contributed by atoms with Crippen molar-refractivity contribution in [3.63, 3.8) is 0 Å². The van der Waals surface area contributed by atoms with Gasteiger partial charge in [-0.1, -0.05) is 60.7 Å². The summed E-state index contributed by atoms with van der Waals surface area (Å²) in [6.45, 7) is 6.53. The van der Waals surface area contributed by atoms with E-state index >= 15 is 0 Å². The minimum Gasteiger partial charge on any atom is -0.445 e. The molecule has 0 spiro atoms. The molecule has 0 radical (unpaired) electrons. The topological polar surface area (TPSA) is 71.1 Å². The Balaban J connectivity index is 1.54. The van der Waals surface area contributed by atoms with Gasteiger partial charge in [0.2, 0.25) is 5.91 Å². The summed E-state index contributed by atoms with van der Waals surface area (Å²) in [5.74, 6) is -0.138. The molecule has 0 aromatic heterocycles. The molecule has 2 aromatic rings. The number of morpholine rings is 1. The highest BCUT2D eigenvalue weighted by Gasteiger charge is 2.24. The first-order valence-corrected chi connectivity index (χ1v) is 10.7. The van der Waals surface area contributed by atoms with Gasteiger partial charge < -0.3 is 19.7 Å². The number of hydrogen-bond acceptors (Lipinski definition) is 5. The number of hydrogen-bond donors (Lipinski definition) is 1. The molecule has 1 aliphatic rings. The van der Waals surface area contributed by atoms with Gasteiger partial charge in [-0.05, 0) is 18.1 Å². The molecule has 166 valence electrons. The van der Waals surface area contributed by atoms with Crippen molar-refractivity contribution in [2.45, 2.75) is 26.1 Å². The van der Waals surface area contributed by atoms with Crippen LogP contribution in [0.25, 0.3) is 0 Å². The van der Waals surface area contributed by atoms with Gasteiger partial charge in [0, 0.05) is 32.2 Å². The van der Waals surface area contributed by atoms with Gasteiger partial charge in [-0.3, -0.25) is 9.69 Å². The van der Waals surface area contributed by atoms with Gasteiger partial charge in [-0.25, -0.2) is 4.79 Å². The lowest BCUT2D eigenvalue weighted by Gasteiger charge is -2.35. The van der Waals surface area contributed by atoms with Crippen molar-refractivity contribution >= 4 is 12.0 Å². The monoisotopic (exact) mass is 425 g/mol. The van der Waals surface area contributed by atoms with Crippen LogP contribution in [0.15, 0.2) is 60.7 Å². The Labute approximate surface area is 183 Å². The largest absolute Gasteiger partial charge is 0.445 e. The Kier molecular flexibility index (Phi) is 8.87. The van der Waals surface area contributed by atoms with Crippen molar-refractivity contribution in [2.24, 2.45) is 0 Å². The maximum atomic E-state index is 13.0. The highest BCUT2D eigenvalue weighted by molar-refractivity contribution is 5.82. The Bertz CT molecular complexity index is 810. The second-order valence-corrected chi connectivity index (χ2v) is 7.68. The lowest BCUT2D eigenvalue weighted by molar-refractivity contribution is -0.133. The number of benzene rings is 2. The third-order valence-corrected chi connectivity index (χ3v) is 5.27. The van der Waals surface area contributed by atoms with Gasteiger partial charge in [-0.15, -0.1) is 0 Å². The zero-order valence-corrected chi connectivity index (χ0v) is 18.0. The molecule has 2 aromatic carbocycles. The molecule has 31 heavy (non-hydrogen) atoms. The standard InChI is InChI=1S/C24H31N3O4/c1-20(17-26-12-14-30-15-13-26)27(18-21-8-4-2-5-9-21)23(28)16-25-24(29)31-19-22-10-6-3-7-11-22/h2-11,20H,12-19H2,1H3,(H,25,29). The summed E-state index contributed by atoms with van der Waals surface area (Å²) in [5, 5.41) is 2.59. The van der Waals surface area contributed by atoms with E-state index in [1.165, 1.54) is 0 Å². The van der Waals surface area contributed by atoms with Crippen LogP contribution in [0.2, 0.25) is 0 Å². The molecule has 1 fully saturated rings. The highest BCUT2D eigenvalue weighted by atomic mass is 16.5. The molecule has 1 atom stereocenters. The van der Waals surface area contributed by atoms with Crippen molar-refractivity contribution in [1.29, 1.82) is 0 Å². The molecule has 1 aliphatic heterocycles. The highest BCUT2D eigenvalue weighted by Crippen LogP contribution is 2.11. The number of ether oxygens (including phenoxy) is 2. The normalized spacial score (nSPS) is 15.1. The zero-order valence-electron chi connectivity index (χ0n) is 18.0. The lowest BCUT2D eigenvalue weighted by atomic mass is 10.1. The number of carbonyl (C=O) groups excluding carboxylic acids is 2. The fourth-order valence-corrected chi connectivity index (χ4v) is 3.55. The quantitative estimate of drug-likeness (QED) is 0.669. The van der Waals surface area contributed by atoms with Gasteiger partial charge in [0.25, 0.3) is 0 Å². The summed E-state index contributed by atoms with van der Waals surface area (Å²) in [6.07, 6.45) is -0.599. The van der Waals surface area contributed by atoms with Crippen LogP contribution in [0.3, 0.4) is 0 Å². The summed E-state index contributed by atoms with van der Waals surface area (Å²) < 4.78 is 10.6. The van der Waals surface area contributed by atoms with Gasteiger partial charge in [0.15, 0.2) is 0 Å². The Morgan fingerprint density at radius 1 is 1.03 bits per heavy atom. The van der Waals surface area contributed by atoms with Crippen LogP contribution in [0.5, 0.6) is 0 Å². The number of amides is 2. The van der Waals surface area contributed by atoms with E-state index in [1.54, 1.807) is 0 Å². The van der Waals surface area contributed by atoms with Crippen LogP contribution in [0.4, 0.5) is 4.79 Å². The van der Waals surface area contributed by atoms with E-state index in [1.807, 2.05) is 72.5 Å². The first kappa shape index (κ1) is 22.8. The van der Waals surface area contributed by atoms with E-state index in [0.29, 0.717) is 19.8 Å². The van der Waals surface area contributed by atoms with E-state index in [-0.39, 0.29) is 25.1 Å². The lowest BCUT2D eigenvalue weighted by Crippen LogP contribution is -2.50. The second-order valence-electron chi connectivity index (χ2n) is 7.68. The molecular formula is C24H31N3O4. The predicted molar refractivity (Wildman–Crippen MR) is 118 cm³/mol. The summed E-state index contributed by atoms with van der Waals surface area (Å²) in [6, 6.07) is 19.3. The van der Waals surface area contributed by atoms with Crippen LogP contribution in [0.1, 0.15) is 18.1 Å². The Hall–Kier alpha value is -2.90. The number of carbonyl (C=O) groups is 2. The SMILES string of the molecule is CC(CN1CCOCC1)N(Cc1ccccc1)C(=O)CNC(=O)OCc1ccccc1. The van der Waals surface area contributed by atoms with E-state index in [2.05, 4.69) is 10.2 Å². The number of nitrogens with zero attached hydrogens (tertiary/aromatic N) is 2. The van der Waals surface area contributed by atoms with Crippen LogP contribution in [-0.2, 0) is 27.4 Å². The van der Waals surface area contributed by atoms with Gasteiger partial charge in [0.1, 0.15) is 13.2 Å². The summed E-state index contributed by atoms with van der Waals surface area (Å²) in [7, 11) is 0. The summed E-state index contributed by atoms with van der Waals surface area (Å²) in [4.78, 5) is 29.2. The van der Waals surface area contributed by atoms with Crippen molar-refractivity contribution in [3.05, 3.63) is 71.8 Å². The molecule has 0 bridgehead atoms. The maximum Gasteiger partial charge on any atom is 0.407 e. The van der Waals surface area contributed by atoms with E-state index in [9.17, 15) is 9.59 Å². The predicted octanol–water partition coefficient (Wildman–Crippen LogP) is 2.66. The smallest absolute Gasteiger partial charge is 0.407 e. The average molecular weight is 426 g/mol. The maximum absolute atomic E-state index is 13.0. The van der Waals surface area contributed by atoms with Crippen LogP contribution >= 0.6 is 0 Å². The second kappa shape index (κ2) is 12.1. The minimum absolute atomic E-state index is 0.00653. The summed E-state index contributed by atoms with van der Waals surface area (Å²) in [5.41, 5.74) is 1.95. The molecule has 1 unspecified atom stereocenters. The van der Waals surface area contributed by atoms with Crippen molar-refractivity contribution in [1.82, 2.24) is 15.1 Å². The third-order valence-electron chi connectivity index (χ3n) is 5.27. The van der Waals surface area contributed by atoms with Crippen molar-refractivity contribution in [3.8, 4) is 0 Å². The molecule has 7 nitrogen and oxygen atoms in total. The summed E-state index contributed by atoms with van der Waals surface area (Å²) >= 11 is 0. The number of rotatable bonds is 9. The van der Waals surface area contributed by atoms with Gasteiger partial charge in [-0.2, -0.15) is 0 Å². The number of alkyl carbamates (subject to hydrolysis) is 1. The molecule has 1 N–H and O–H groups in total. The van der Waals surface area contributed by atoms with Crippen LogP contribution < -0.4 is 5.32 Å². The first-order valence-electron chi connectivity index (χ1n) is 10.7. The Morgan fingerprint density at radius 2 is 1.65 bits per heavy atom.